The van der Waals surface area contributed by atoms with Crippen molar-refractivity contribution < 1.29 is 8.81 Å². The number of benzene rings is 1. The van der Waals surface area contributed by atoms with Crippen LogP contribution in [0.5, 0.6) is 0 Å². The molecule has 0 aliphatic carbocycles. The minimum absolute atomic E-state index is 0.227. The normalized spacial score (nSPS) is 12.2. The van der Waals surface area contributed by atoms with E-state index in [1.54, 1.807) is 11.5 Å². The van der Waals surface area contributed by atoms with Gasteiger partial charge in [-0.05, 0) is 29.7 Å². The zero-order chi connectivity index (χ0) is 12.5. The van der Waals surface area contributed by atoms with Crippen molar-refractivity contribution in [2.75, 3.05) is 0 Å². The van der Waals surface area contributed by atoms with Crippen LogP contribution in [0.15, 0.2) is 28.0 Å². The number of hydrogen-bond donors (Lipinski definition) is 0. The van der Waals surface area contributed by atoms with Gasteiger partial charge in [-0.2, -0.15) is 0 Å². The lowest BCUT2D eigenvalue weighted by atomic mass is 10.3. The van der Waals surface area contributed by atoms with Crippen LogP contribution in [0.3, 0.4) is 0 Å². The van der Waals surface area contributed by atoms with Gasteiger partial charge in [0.2, 0.25) is 5.89 Å². The minimum atomic E-state index is -0.381. The molecule has 3 rings (SSSR count). The molecule has 0 fully saturated rings. The average molecular weight is 282 g/mol. The molecule has 90 valence electrons. The SMILES string of the molecule is Fc1ccc2nc(/C(Cl)=C/c3csnn3)oc2c1. The van der Waals surface area contributed by atoms with Gasteiger partial charge < -0.3 is 4.42 Å². The summed E-state index contributed by atoms with van der Waals surface area (Å²) >= 11 is 7.28. The molecule has 2 heterocycles. The van der Waals surface area contributed by atoms with Crippen LogP contribution in [0.2, 0.25) is 0 Å². The zero-order valence-corrected chi connectivity index (χ0v) is 10.4. The molecule has 0 saturated heterocycles. The van der Waals surface area contributed by atoms with Gasteiger partial charge in [0.25, 0.3) is 0 Å². The number of oxazole rings is 1. The maximum Gasteiger partial charge on any atom is 0.239 e. The van der Waals surface area contributed by atoms with E-state index < -0.39 is 0 Å². The van der Waals surface area contributed by atoms with Crippen molar-refractivity contribution in [2.24, 2.45) is 0 Å². The zero-order valence-electron chi connectivity index (χ0n) is 8.80. The fourth-order valence-corrected chi connectivity index (χ4v) is 2.03. The first kappa shape index (κ1) is 11.3. The first-order valence-corrected chi connectivity index (χ1v) is 6.14. The molecule has 0 N–H and O–H groups in total. The predicted molar refractivity (Wildman–Crippen MR) is 67.6 cm³/mol. The van der Waals surface area contributed by atoms with Crippen molar-refractivity contribution >= 4 is 45.3 Å². The Kier molecular flexibility index (Phi) is 2.81. The third kappa shape index (κ3) is 2.12. The Hall–Kier alpha value is -1.79. The third-order valence-electron chi connectivity index (χ3n) is 2.21. The van der Waals surface area contributed by atoms with Gasteiger partial charge in [0.15, 0.2) is 5.58 Å². The van der Waals surface area contributed by atoms with Crippen LogP contribution >= 0.6 is 23.1 Å². The highest BCUT2D eigenvalue weighted by Crippen LogP contribution is 2.25. The van der Waals surface area contributed by atoms with Gasteiger partial charge in [-0.25, -0.2) is 9.37 Å². The van der Waals surface area contributed by atoms with Crippen LogP contribution in [-0.2, 0) is 0 Å². The van der Waals surface area contributed by atoms with Crippen molar-refractivity contribution in [3.05, 3.63) is 41.0 Å². The van der Waals surface area contributed by atoms with Crippen LogP contribution in [-0.4, -0.2) is 14.6 Å². The van der Waals surface area contributed by atoms with E-state index in [1.165, 1.54) is 29.7 Å². The first-order valence-electron chi connectivity index (χ1n) is 4.93. The Labute approximate surface area is 110 Å². The Balaban J connectivity index is 2.04. The van der Waals surface area contributed by atoms with Crippen molar-refractivity contribution in [3.8, 4) is 0 Å². The summed E-state index contributed by atoms with van der Waals surface area (Å²) in [6.45, 7) is 0. The summed E-state index contributed by atoms with van der Waals surface area (Å²) in [4.78, 5) is 4.16. The second kappa shape index (κ2) is 4.47. The van der Waals surface area contributed by atoms with Crippen LogP contribution < -0.4 is 0 Å². The highest BCUT2D eigenvalue weighted by molar-refractivity contribution is 7.03. The molecule has 4 nitrogen and oxygen atoms in total. The average Bonchev–Trinajstić information content (AvgIpc) is 2.96. The molecule has 0 amide bonds. The maximum atomic E-state index is 13.0. The second-order valence-electron chi connectivity index (χ2n) is 3.45. The highest BCUT2D eigenvalue weighted by atomic mass is 35.5. The van der Waals surface area contributed by atoms with Gasteiger partial charge >= 0.3 is 0 Å². The fourth-order valence-electron chi connectivity index (χ4n) is 1.43. The number of fused-ring (bicyclic) bond motifs is 1. The van der Waals surface area contributed by atoms with E-state index in [0.29, 0.717) is 21.8 Å². The summed E-state index contributed by atoms with van der Waals surface area (Å²) < 4.78 is 22.1. The summed E-state index contributed by atoms with van der Waals surface area (Å²) in [5.74, 6) is -0.153. The molecule has 0 atom stereocenters. The molecule has 0 bridgehead atoms. The van der Waals surface area contributed by atoms with Gasteiger partial charge in [0, 0.05) is 11.4 Å². The summed E-state index contributed by atoms with van der Waals surface area (Å²) in [7, 11) is 0. The molecular weight excluding hydrogens is 277 g/mol. The molecule has 7 heteroatoms. The number of rotatable bonds is 2. The van der Waals surface area contributed by atoms with Crippen molar-refractivity contribution in [2.45, 2.75) is 0 Å². The molecule has 18 heavy (non-hydrogen) atoms. The van der Waals surface area contributed by atoms with Gasteiger partial charge in [0.05, 0.1) is 5.69 Å². The standard InChI is InChI=1S/C11H5ClFN3OS/c12-8(4-7-5-18-16-15-7)11-14-9-2-1-6(13)3-10(9)17-11/h1-5H/b8-4-. The molecule has 1 aromatic carbocycles. The van der Waals surface area contributed by atoms with Crippen molar-refractivity contribution in [1.29, 1.82) is 0 Å². The molecule has 2 aromatic heterocycles. The van der Waals surface area contributed by atoms with E-state index in [1.807, 2.05) is 0 Å². The number of hydrogen-bond acceptors (Lipinski definition) is 5. The molecule has 0 saturated carbocycles. The van der Waals surface area contributed by atoms with Crippen LogP contribution in [0, 0.1) is 5.82 Å². The van der Waals surface area contributed by atoms with E-state index in [9.17, 15) is 4.39 Å². The molecule has 0 radical (unpaired) electrons. The van der Waals surface area contributed by atoms with Crippen molar-refractivity contribution in [1.82, 2.24) is 14.6 Å². The number of halogens is 2. The highest BCUT2D eigenvalue weighted by Gasteiger charge is 2.10. The molecule has 0 aliphatic rings. The Morgan fingerprint density at radius 3 is 3.11 bits per heavy atom. The van der Waals surface area contributed by atoms with E-state index in [4.69, 9.17) is 16.0 Å². The van der Waals surface area contributed by atoms with Crippen molar-refractivity contribution in [3.63, 3.8) is 0 Å². The van der Waals surface area contributed by atoms with Crippen LogP contribution in [0.1, 0.15) is 11.6 Å². The summed E-state index contributed by atoms with van der Waals surface area (Å²) in [6.07, 6.45) is 1.59. The topological polar surface area (TPSA) is 51.8 Å². The van der Waals surface area contributed by atoms with Crippen LogP contribution in [0.4, 0.5) is 4.39 Å². The van der Waals surface area contributed by atoms with E-state index in [2.05, 4.69) is 14.6 Å². The van der Waals surface area contributed by atoms with Gasteiger partial charge in [-0.1, -0.05) is 16.1 Å². The Bertz CT molecular complexity index is 723. The van der Waals surface area contributed by atoms with Gasteiger partial charge in [-0.3, -0.25) is 0 Å². The lowest BCUT2D eigenvalue weighted by Gasteiger charge is -1.89. The molecule has 0 aliphatic heterocycles. The second-order valence-corrected chi connectivity index (χ2v) is 4.47. The van der Waals surface area contributed by atoms with E-state index in [0.717, 1.165) is 0 Å². The van der Waals surface area contributed by atoms with E-state index >= 15 is 0 Å². The Morgan fingerprint density at radius 1 is 1.44 bits per heavy atom. The number of aromatic nitrogens is 3. The van der Waals surface area contributed by atoms with Crippen LogP contribution in [0.25, 0.3) is 22.2 Å². The lowest BCUT2D eigenvalue weighted by Crippen LogP contribution is -1.77. The monoisotopic (exact) mass is 281 g/mol. The van der Waals surface area contributed by atoms with E-state index in [-0.39, 0.29) is 11.7 Å². The third-order valence-corrected chi connectivity index (χ3v) is 3.00. The molecular formula is C11H5ClFN3OS. The summed E-state index contributed by atoms with van der Waals surface area (Å²) in [5, 5.41) is 5.86. The van der Waals surface area contributed by atoms with Gasteiger partial charge in [-0.15, -0.1) is 5.10 Å². The fraction of sp³-hybridized carbons (Fsp3) is 0. The maximum absolute atomic E-state index is 13.0. The molecule has 0 unspecified atom stereocenters. The van der Waals surface area contributed by atoms with Gasteiger partial charge in [0.1, 0.15) is 16.4 Å². The Morgan fingerprint density at radius 2 is 2.33 bits per heavy atom. The predicted octanol–water partition coefficient (Wildman–Crippen LogP) is 3.56. The minimum Gasteiger partial charge on any atom is -0.435 e. The summed E-state index contributed by atoms with van der Waals surface area (Å²) in [5.41, 5.74) is 1.53. The molecule has 0 spiro atoms. The quantitative estimate of drug-likeness (QED) is 0.721. The number of nitrogens with zero attached hydrogens (tertiary/aromatic N) is 3. The lowest BCUT2D eigenvalue weighted by molar-refractivity contribution is 0.579. The first-order chi connectivity index (χ1) is 8.72. The smallest absolute Gasteiger partial charge is 0.239 e. The largest absolute Gasteiger partial charge is 0.435 e. The molecule has 3 aromatic rings. The summed E-state index contributed by atoms with van der Waals surface area (Å²) in [6, 6.07) is 4.11.